The number of nitrogens with two attached hydrogens (primary N) is 1. The van der Waals surface area contributed by atoms with E-state index in [2.05, 4.69) is 5.32 Å². The van der Waals surface area contributed by atoms with Gasteiger partial charge in [0, 0.05) is 30.7 Å². The molecule has 2 aliphatic carbocycles. The molecule has 2 fully saturated rings. The second-order valence-electron chi connectivity index (χ2n) is 8.32. The van der Waals surface area contributed by atoms with Gasteiger partial charge in [0.2, 0.25) is 10.0 Å². The average molecular weight is 430 g/mol. The fourth-order valence-electron chi connectivity index (χ4n) is 4.50. The van der Waals surface area contributed by atoms with E-state index in [0.717, 1.165) is 25.7 Å². The molecule has 2 bridgehead atoms. The maximum atomic E-state index is 12.9. The predicted molar refractivity (Wildman–Crippen MR) is 113 cm³/mol. The molecule has 0 aliphatic heterocycles. The van der Waals surface area contributed by atoms with Crippen molar-refractivity contribution in [3.05, 3.63) is 29.8 Å². The molecular weight excluding hydrogens is 398 g/mol. The normalized spacial score (nSPS) is 27.4. The first-order valence-corrected chi connectivity index (χ1v) is 11.3. The molecule has 2 unspecified atom stereocenters. The van der Waals surface area contributed by atoms with Gasteiger partial charge in [0.25, 0.3) is 5.91 Å². The second kappa shape index (κ2) is 9.11. The Bertz CT molecular complexity index is 786. The average Bonchev–Trinajstić information content (AvgIpc) is 2.61. The number of rotatable bonds is 5. The summed E-state index contributed by atoms with van der Waals surface area (Å²) in [5, 5.41) is 3.19. The first-order chi connectivity index (χ1) is 12.7. The lowest BCUT2D eigenvalue weighted by Crippen LogP contribution is -2.53. The summed E-state index contributed by atoms with van der Waals surface area (Å²) >= 11 is 0. The van der Waals surface area contributed by atoms with Crippen molar-refractivity contribution in [2.75, 3.05) is 7.05 Å². The minimum atomic E-state index is -3.61. The first-order valence-electron chi connectivity index (χ1n) is 9.84. The van der Waals surface area contributed by atoms with Crippen LogP contribution in [0.1, 0.15) is 56.3 Å². The standard InChI is InChI=1S/C20H31N3O3S.ClH/c1-13(2)23(3)27(25,26)18-9-5-8-16(12-18)20(24)22-19-14-6-4-7-15(19)11-17(21)10-14;/h5,8-9,12-15,17,19H,4,6-7,10-11,21H2,1-3H3,(H,22,24);1H. The smallest absolute Gasteiger partial charge is 0.251 e. The Morgan fingerprint density at radius 1 is 1.21 bits per heavy atom. The number of carbonyl (C=O) groups excluding carboxylic acids is 1. The van der Waals surface area contributed by atoms with E-state index < -0.39 is 10.0 Å². The zero-order valence-electron chi connectivity index (χ0n) is 16.8. The molecule has 0 radical (unpaired) electrons. The molecule has 28 heavy (non-hydrogen) atoms. The molecule has 0 spiro atoms. The third kappa shape index (κ3) is 4.70. The van der Waals surface area contributed by atoms with Crippen molar-refractivity contribution >= 4 is 28.3 Å². The molecule has 0 saturated heterocycles. The van der Waals surface area contributed by atoms with E-state index in [1.165, 1.54) is 16.8 Å². The molecule has 2 aliphatic rings. The monoisotopic (exact) mass is 429 g/mol. The van der Waals surface area contributed by atoms with Crippen LogP contribution in [0, 0.1) is 11.8 Å². The summed E-state index contributed by atoms with van der Waals surface area (Å²) < 4.78 is 26.7. The minimum Gasteiger partial charge on any atom is -0.349 e. The summed E-state index contributed by atoms with van der Waals surface area (Å²) in [4.78, 5) is 13.0. The highest BCUT2D eigenvalue weighted by Crippen LogP contribution is 2.39. The van der Waals surface area contributed by atoms with Gasteiger partial charge in [-0.1, -0.05) is 12.5 Å². The molecule has 8 heteroatoms. The maximum Gasteiger partial charge on any atom is 0.251 e. The van der Waals surface area contributed by atoms with Crippen molar-refractivity contribution in [3.8, 4) is 0 Å². The first kappa shape index (κ1) is 23.1. The fraction of sp³-hybridized carbons (Fsp3) is 0.650. The van der Waals surface area contributed by atoms with Crippen LogP contribution in [0.3, 0.4) is 0 Å². The van der Waals surface area contributed by atoms with Crippen molar-refractivity contribution < 1.29 is 13.2 Å². The summed E-state index contributed by atoms with van der Waals surface area (Å²) in [6.45, 7) is 3.64. The molecule has 0 aromatic heterocycles. The van der Waals surface area contributed by atoms with Crippen LogP contribution in [0.15, 0.2) is 29.2 Å². The van der Waals surface area contributed by atoms with Crippen molar-refractivity contribution in [2.45, 2.75) is 69.0 Å². The van der Waals surface area contributed by atoms with Crippen LogP contribution in [-0.4, -0.2) is 43.8 Å². The Balaban J connectivity index is 0.00000280. The van der Waals surface area contributed by atoms with Gasteiger partial charge in [-0.25, -0.2) is 8.42 Å². The zero-order valence-corrected chi connectivity index (χ0v) is 18.4. The fourth-order valence-corrected chi connectivity index (χ4v) is 5.92. The van der Waals surface area contributed by atoms with E-state index in [0.29, 0.717) is 17.4 Å². The molecule has 0 heterocycles. The lowest BCUT2D eigenvalue weighted by atomic mass is 9.67. The third-order valence-electron chi connectivity index (χ3n) is 6.17. The lowest BCUT2D eigenvalue weighted by molar-refractivity contribution is 0.0756. The molecule has 1 amide bonds. The largest absolute Gasteiger partial charge is 0.349 e. The van der Waals surface area contributed by atoms with Crippen molar-refractivity contribution in [1.82, 2.24) is 9.62 Å². The van der Waals surface area contributed by atoms with Crippen molar-refractivity contribution in [1.29, 1.82) is 0 Å². The number of fused-ring (bicyclic) bond motifs is 2. The highest BCUT2D eigenvalue weighted by molar-refractivity contribution is 7.89. The molecule has 1 aromatic carbocycles. The van der Waals surface area contributed by atoms with Gasteiger partial charge in [-0.05, 0) is 69.6 Å². The molecule has 2 saturated carbocycles. The van der Waals surface area contributed by atoms with Gasteiger partial charge in [0.15, 0.2) is 0 Å². The van der Waals surface area contributed by atoms with Crippen LogP contribution in [0.4, 0.5) is 0 Å². The van der Waals surface area contributed by atoms with E-state index in [9.17, 15) is 13.2 Å². The van der Waals surface area contributed by atoms with Gasteiger partial charge < -0.3 is 11.1 Å². The lowest BCUT2D eigenvalue weighted by Gasteiger charge is -2.45. The quantitative estimate of drug-likeness (QED) is 0.752. The van der Waals surface area contributed by atoms with Gasteiger partial charge >= 0.3 is 0 Å². The maximum absolute atomic E-state index is 12.9. The van der Waals surface area contributed by atoms with Gasteiger partial charge in [0.1, 0.15) is 0 Å². The Kier molecular flexibility index (Phi) is 7.53. The summed E-state index contributed by atoms with van der Waals surface area (Å²) in [5.41, 5.74) is 6.56. The minimum absolute atomic E-state index is 0. The van der Waals surface area contributed by atoms with E-state index in [-0.39, 0.29) is 41.3 Å². The SMILES string of the molecule is CC(C)N(C)S(=O)(=O)c1cccc(C(=O)NC2C3CCCC2CC(N)C3)c1.Cl. The van der Waals surface area contributed by atoms with E-state index in [1.807, 2.05) is 13.8 Å². The molecular formula is C20H32ClN3O3S. The van der Waals surface area contributed by atoms with Gasteiger partial charge in [0.05, 0.1) is 4.90 Å². The number of amides is 1. The summed E-state index contributed by atoms with van der Waals surface area (Å²) in [5.74, 6) is 0.655. The number of hydrogen-bond donors (Lipinski definition) is 2. The number of halogens is 1. The number of carbonyl (C=O) groups is 1. The van der Waals surface area contributed by atoms with Crippen LogP contribution in [0.2, 0.25) is 0 Å². The number of nitrogens with one attached hydrogen (secondary N) is 1. The summed E-state index contributed by atoms with van der Waals surface area (Å²) in [6.07, 6.45) is 5.30. The number of hydrogen-bond acceptors (Lipinski definition) is 4. The second-order valence-corrected chi connectivity index (χ2v) is 10.3. The topological polar surface area (TPSA) is 92.5 Å². The Morgan fingerprint density at radius 3 is 2.39 bits per heavy atom. The van der Waals surface area contributed by atoms with E-state index >= 15 is 0 Å². The van der Waals surface area contributed by atoms with Crippen molar-refractivity contribution in [2.24, 2.45) is 17.6 Å². The van der Waals surface area contributed by atoms with Gasteiger partial charge in [-0.3, -0.25) is 4.79 Å². The predicted octanol–water partition coefficient (Wildman–Crippen LogP) is 2.77. The number of nitrogens with zero attached hydrogens (tertiary/aromatic N) is 1. The Labute approximate surface area is 174 Å². The van der Waals surface area contributed by atoms with Gasteiger partial charge in [-0.15, -0.1) is 12.4 Å². The van der Waals surface area contributed by atoms with E-state index in [4.69, 9.17) is 5.73 Å². The van der Waals surface area contributed by atoms with Crippen LogP contribution in [0.25, 0.3) is 0 Å². The van der Waals surface area contributed by atoms with Crippen LogP contribution in [-0.2, 0) is 10.0 Å². The van der Waals surface area contributed by atoms with Crippen LogP contribution in [0.5, 0.6) is 0 Å². The number of sulfonamides is 1. The summed E-state index contributed by atoms with van der Waals surface area (Å²) in [6, 6.07) is 6.55. The Hall–Kier alpha value is -1.15. The molecule has 3 N–H and O–H groups in total. The molecule has 3 rings (SSSR count). The highest BCUT2D eigenvalue weighted by atomic mass is 35.5. The summed E-state index contributed by atoms with van der Waals surface area (Å²) in [7, 11) is -2.06. The third-order valence-corrected chi connectivity index (χ3v) is 8.20. The zero-order chi connectivity index (χ0) is 19.8. The molecule has 2 atom stereocenters. The Morgan fingerprint density at radius 2 is 1.82 bits per heavy atom. The molecule has 1 aromatic rings. The van der Waals surface area contributed by atoms with Crippen LogP contribution >= 0.6 is 12.4 Å². The van der Waals surface area contributed by atoms with E-state index in [1.54, 1.807) is 25.2 Å². The van der Waals surface area contributed by atoms with Gasteiger partial charge in [-0.2, -0.15) is 4.31 Å². The van der Waals surface area contributed by atoms with Crippen LogP contribution < -0.4 is 11.1 Å². The number of benzene rings is 1. The van der Waals surface area contributed by atoms with Crippen molar-refractivity contribution in [3.63, 3.8) is 0 Å². The highest BCUT2D eigenvalue weighted by Gasteiger charge is 2.40. The molecule has 6 nitrogen and oxygen atoms in total. The molecule has 158 valence electrons.